The van der Waals surface area contributed by atoms with Gasteiger partial charge in [-0.1, -0.05) is 53.5 Å². The van der Waals surface area contributed by atoms with E-state index in [1.807, 2.05) is 59.5 Å². The molecule has 48 heavy (non-hydrogen) atoms. The van der Waals surface area contributed by atoms with Gasteiger partial charge in [-0.2, -0.15) is 0 Å². The van der Waals surface area contributed by atoms with E-state index in [4.69, 9.17) is 32.9 Å². The van der Waals surface area contributed by atoms with Gasteiger partial charge >= 0.3 is 0 Å². The lowest BCUT2D eigenvalue weighted by molar-refractivity contribution is -0.119. The molecule has 0 radical (unpaired) electrons. The molecule has 0 bridgehead atoms. The van der Waals surface area contributed by atoms with Crippen molar-refractivity contribution in [2.75, 3.05) is 33.3 Å². The molecule has 0 saturated carbocycles. The molecule has 250 valence electrons. The molecule has 0 aliphatic carbocycles. The number of benzene rings is 2. The van der Waals surface area contributed by atoms with Crippen molar-refractivity contribution in [3.63, 3.8) is 0 Å². The second-order valence-electron chi connectivity index (χ2n) is 12.1. The largest absolute Gasteiger partial charge is 0.481 e. The van der Waals surface area contributed by atoms with Gasteiger partial charge in [0.1, 0.15) is 0 Å². The number of halogens is 2. The lowest BCUT2D eigenvalue weighted by atomic mass is 9.98. The first kappa shape index (κ1) is 33.8. The maximum atomic E-state index is 13.1. The molecule has 6 rings (SSSR count). The zero-order valence-corrected chi connectivity index (χ0v) is 28.4. The van der Waals surface area contributed by atoms with Crippen LogP contribution in [0.1, 0.15) is 41.3 Å². The van der Waals surface area contributed by atoms with Crippen LogP contribution in [0, 0.1) is 0 Å². The summed E-state index contributed by atoms with van der Waals surface area (Å²) in [4.78, 5) is 35.7. The molecule has 2 atom stereocenters. The Bertz CT molecular complexity index is 1830. The van der Waals surface area contributed by atoms with Crippen LogP contribution in [-0.4, -0.2) is 77.2 Å². The Hall–Kier alpha value is -4.06. The van der Waals surface area contributed by atoms with Crippen molar-refractivity contribution in [3.05, 3.63) is 87.5 Å². The molecule has 0 spiro atoms. The number of carbonyl (C=O) groups excluding carboxylic acids is 2. The van der Waals surface area contributed by atoms with Gasteiger partial charge in [-0.25, -0.2) is 4.98 Å². The van der Waals surface area contributed by atoms with Crippen molar-refractivity contribution in [2.24, 2.45) is 0 Å². The molecule has 12 heteroatoms. The first-order valence-corrected chi connectivity index (χ1v) is 16.8. The van der Waals surface area contributed by atoms with E-state index in [2.05, 4.69) is 20.9 Å². The fourth-order valence-corrected chi connectivity index (χ4v) is 6.81. The molecule has 2 aromatic carbocycles. The number of nitrogens with one attached hydrogen (secondary N) is 3. The number of ether oxygens (including phenoxy) is 1. The van der Waals surface area contributed by atoms with Gasteiger partial charge in [-0.15, -0.1) is 0 Å². The molecule has 4 heterocycles. The number of pyridine rings is 2. The van der Waals surface area contributed by atoms with Gasteiger partial charge in [0.15, 0.2) is 0 Å². The Morgan fingerprint density at radius 2 is 1.85 bits per heavy atom. The first-order valence-electron chi connectivity index (χ1n) is 16.0. The van der Waals surface area contributed by atoms with Crippen LogP contribution in [0.5, 0.6) is 5.88 Å². The average molecular weight is 690 g/mol. The minimum atomic E-state index is -0.458. The average Bonchev–Trinajstić information content (AvgIpc) is 3.64. The normalized spacial score (nSPS) is 16.3. The lowest BCUT2D eigenvalue weighted by Gasteiger charge is -2.17. The summed E-state index contributed by atoms with van der Waals surface area (Å²) in [5.74, 6) is 0.567. The van der Waals surface area contributed by atoms with E-state index >= 15 is 0 Å². The van der Waals surface area contributed by atoms with Gasteiger partial charge in [0.05, 0.1) is 34.6 Å². The van der Waals surface area contributed by atoms with E-state index in [1.165, 1.54) is 0 Å². The molecular weight excluding hydrogens is 651 g/mol. The predicted molar refractivity (Wildman–Crippen MR) is 187 cm³/mol. The predicted octanol–water partition coefficient (Wildman–Crippen LogP) is 5.09. The highest BCUT2D eigenvalue weighted by atomic mass is 35.5. The number of nitrogens with zero attached hydrogens (tertiary/aromatic N) is 3. The zero-order valence-electron chi connectivity index (χ0n) is 26.9. The smallest absolute Gasteiger partial charge is 0.254 e. The Kier molecular flexibility index (Phi) is 10.6. The maximum absolute atomic E-state index is 13.1. The minimum Gasteiger partial charge on any atom is -0.481 e. The van der Waals surface area contributed by atoms with Crippen molar-refractivity contribution in [3.8, 4) is 39.5 Å². The second kappa shape index (κ2) is 15.0. The lowest BCUT2D eigenvalue weighted by Crippen LogP contribution is -2.39. The summed E-state index contributed by atoms with van der Waals surface area (Å²) >= 11 is 14.1. The van der Waals surface area contributed by atoms with Crippen LogP contribution in [-0.2, 0) is 17.9 Å². The van der Waals surface area contributed by atoms with Crippen LogP contribution in [0.4, 0.5) is 0 Å². The van der Waals surface area contributed by atoms with E-state index in [0.717, 1.165) is 39.8 Å². The Labute approximate surface area is 289 Å². The van der Waals surface area contributed by atoms with E-state index in [-0.39, 0.29) is 17.9 Å². The van der Waals surface area contributed by atoms with Crippen LogP contribution in [0.3, 0.4) is 0 Å². The summed E-state index contributed by atoms with van der Waals surface area (Å²) < 4.78 is 5.57. The number of aliphatic hydroxyl groups excluding tert-OH is 1. The van der Waals surface area contributed by atoms with E-state index in [9.17, 15) is 14.7 Å². The molecule has 2 aromatic heterocycles. The topological polar surface area (TPSA) is 129 Å². The summed E-state index contributed by atoms with van der Waals surface area (Å²) in [5.41, 5.74) is 6.71. The van der Waals surface area contributed by atoms with Gasteiger partial charge < -0.3 is 30.7 Å². The number of rotatable bonds is 13. The molecular formula is C36H38Cl2N6O4. The number of hydrogen-bond donors (Lipinski definition) is 4. The molecule has 2 amide bonds. The van der Waals surface area contributed by atoms with Crippen LogP contribution in [0.2, 0.25) is 10.0 Å². The first-order chi connectivity index (χ1) is 23.2. The molecule has 1 saturated heterocycles. The molecule has 2 aliphatic heterocycles. The highest BCUT2D eigenvalue weighted by molar-refractivity contribution is 6.39. The second-order valence-corrected chi connectivity index (χ2v) is 12.9. The number of aliphatic hydroxyl groups is 1. The van der Waals surface area contributed by atoms with Crippen molar-refractivity contribution in [1.29, 1.82) is 0 Å². The van der Waals surface area contributed by atoms with Gasteiger partial charge in [-0.05, 0) is 43.2 Å². The molecule has 4 N–H and O–H groups in total. The quantitative estimate of drug-likeness (QED) is 0.143. The Balaban J connectivity index is 1.19. The summed E-state index contributed by atoms with van der Waals surface area (Å²) in [7, 11) is 1.57. The third kappa shape index (κ3) is 7.33. The number of amides is 2. The van der Waals surface area contributed by atoms with Crippen LogP contribution in [0.25, 0.3) is 33.6 Å². The van der Waals surface area contributed by atoms with E-state index in [0.29, 0.717) is 78.6 Å². The monoisotopic (exact) mass is 688 g/mol. The third-order valence-corrected chi connectivity index (χ3v) is 9.42. The maximum Gasteiger partial charge on any atom is 0.254 e. The number of methoxy groups -OCH3 is 1. The Morgan fingerprint density at radius 3 is 2.62 bits per heavy atom. The fourth-order valence-electron chi connectivity index (χ4n) is 6.17. The van der Waals surface area contributed by atoms with Crippen molar-refractivity contribution in [2.45, 2.75) is 45.0 Å². The van der Waals surface area contributed by atoms with Crippen LogP contribution in [0.15, 0.2) is 60.8 Å². The van der Waals surface area contributed by atoms with Crippen LogP contribution >= 0.6 is 23.2 Å². The minimum absolute atomic E-state index is 0.00165. The standard InChI is InChI=1S/C36H38Cl2N6O4/c1-21(45)17-40-18-23-7-10-30(43-35(23)48-2)29-5-3-4-27(32(29)37)28-12-13-41-34(33(28)38)22-6-9-26-24(16-22)20-44(36(26)47)15-14-39-19-25-8-11-31(46)42-25/h3-7,9-10,12-13,16,21,25,39-40,45H,8,11,14-15,17-20H2,1-2H3,(H,42,46)/t21-,25+/m0/s1. The Morgan fingerprint density at radius 1 is 1.04 bits per heavy atom. The number of carbonyl (C=O) groups is 2. The zero-order chi connectivity index (χ0) is 33.8. The highest BCUT2D eigenvalue weighted by Gasteiger charge is 2.28. The van der Waals surface area contributed by atoms with Crippen molar-refractivity contribution >= 4 is 35.0 Å². The molecule has 2 aliphatic rings. The van der Waals surface area contributed by atoms with Crippen LogP contribution < -0.4 is 20.7 Å². The van der Waals surface area contributed by atoms with E-state index < -0.39 is 6.10 Å². The van der Waals surface area contributed by atoms with Gasteiger partial charge in [-0.3, -0.25) is 14.6 Å². The number of fused-ring (bicyclic) bond motifs is 1. The van der Waals surface area contributed by atoms with E-state index in [1.54, 1.807) is 20.2 Å². The van der Waals surface area contributed by atoms with Gasteiger partial charge in [0.2, 0.25) is 11.8 Å². The summed E-state index contributed by atoms with van der Waals surface area (Å²) in [6, 6.07) is 17.3. The summed E-state index contributed by atoms with van der Waals surface area (Å²) in [6.07, 6.45) is 2.66. The summed E-state index contributed by atoms with van der Waals surface area (Å²) in [6.45, 7) is 5.08. The molecule has 1 fully saturated rings. The summed E-state index contributed by atoms with van der Waals surface area (Å²) in [5, 5.41) is 20.0. The fraction of sp³-hybridized carbons (Fsp3) is 0.333. The number of aromatic nitrogens is 2. The van der Waals surface area contributed by atoms with Crippen molar-refractivity contribution in [1.82, 2.24) is 30.8 Å². The third-order valence-electron chi connectivity index (χ3n) is 8.63. The number of hydrogen-bond acceptors (Lipinski definition) is 8. The van der Waals surface area contributed by atoms with Crippen molar-refractivity contribution < 1.29 is 19.4 Å². The molecule has 4 aromatic rings. The molecule has 10 nitrogen and oxygen atoms in total. The highest BCUT2D eigenvalue weighted by Crippen LogP contribution is 2.42. The van der Waals surface area contributed by atoms with Gasteiger partial charge in [0.25, 0.3) is 5.91 Å². The molecule has 0 unspecified atom stereocenters. The van der Waals surface area contributed by atoms with Gasteiger partial charge in [0, 0.05) is 91.3 Å². The SMILES string of the molecule is COc1nc(-c2cccc(-c3ccnc(-c4ccc5c(c4)CN(CCNC[C@H]4CCC(=O)N4)C5=O)c3Cl)c2Cl)ccc1CNC[C@H](C)O.